The first kappa shape index (κ1) is 20.8. The van der Waals surface area contributed by atoms with Gasteiger partial charge >= 0.3 is 0 Å². The van der Waals surface area contributed by atoms with Crippen LogP contribution >= 0.6 is 0 Å². The number of rotatable bonds is 6. The number of likely N-dealkylation sites (tertiary alicyclic amines) is 1. The molecule has 1 aliphatic carbocycles. The van der Waals surface area contributed by atoms with Crippen LogP contribution in [0.3, 0.4) is 0 Å². The van der Waals surface area contributed by atoms with Crippen LogP contribution in [0.1, 0.15) is 30.1 Å². The summed E-state index contributed by atoms with van der Waals surface area (Å²) in [7, 11) is 5.62. The minimum absolute atomic E-state index is 0.0805. The molecule has 8 nitrogen and oxygen atoms in total. The normalized spacial score (nSPS) is 26.1. The Bertz CT molecular complexity index is 883. The van der Waals surface area contributed by atoms with Crippen molar-refractivity contribution in [2.24, 2.45) is 11.8 Å². The summed E-state index contributed by atoms with van der Waals surface area (Å²) in [4.78, 5) is 16.9. The van der Waals surface area contributed by atoms with Gasteiger partial charge in [0.05, 0.1) is 37.6 Å². The molecule has 4 rings (SSSR count). The van der Waals surface area contributed by atoms with Crippen LogP contribution in [-0.2, 0) is 17.8 Å². The first-order valence-electron chi connectivity index (χ1n) is 10.6. The zero-order valence-corrected chi connectivity index (χ0v) is 17.9. The molecule has 1 amide bonds. The molecule has 30 heavy (non-hydrogen) atoms. The average Bonchev–Trinajstić information content (AvgIpc) is 3.33. The Balaban J connectivity index is 1.39. The smallest absolute Gasteiger partial charge is 0.227 e. The Kier molecular flexibility index (Phi) is 6.06. The highest BCUT2D eigenvalue weighted by molar-refractivity contribution is 5.79. The summed E-state index contributed by atoms with van der Waals surface area (Å²) in [6, 6.07) is 7.59. The zero-order chi connectivity index (χ0) is 21.3. The molecule has 1 N–H and O–H groups in total. The predicted molar refractivity (Wildman–Crippen MR) is 112 cm³/mol. The molecule has 2 fully saturated rings. The molecule has 1 aromatic heterocycles. The first-order valence-corrected chi connectivity index (χ1v) is 10.6. The molecule has 1 aliphatic heterocycles. The number of hydrogen-bond acceptors (Lipinski definition) is 6. The van der Waals surface area contributed by atoms with E-state index < -0.39 is 6.10 Å². The molecule has 0 spiro atoms. The highest BCUT2D eigenvalue weighted by Gasteiger charge is 2.43. The van der Waals surface area contributed by atoms with Gasteiger partial charge in [0, 0.05) is 19.6 Å². The minimum Gasteiger partial charge on any atom is -0.497 e. The molecule has 2 aromatic rings. The van der Waals surface area contributed by atoms with E-state index in [0.29, 0.717) is 24.7 Å². The van der Waals surface area contributed by atoms with Crippen LogP contribution in [0.2, 0.25) is 0 Å². The third-order valence-corrected chi connectivity index (χ3v) is 6.33. The van der Waals surface area contributed by atoms with Crippen molar-refractivity contribution in [1.29, 1.82) is 0 Å². The largest absolute Gasteiger partial charge is 0.497 e. The van der Waals surface area contributed by atoms with Gasteiger partial charge in [0.1, 0.15) is 5.75 Å². The third kappa shape index (κ3) is 4.49. The molecule has 1 aromatic carbocycles. The maximum Gasteiger partial charge on any atom is 0.227 e. The van der Waals surface area contributed by atoms with E-state index in [0.717, 1.165) is 43.1 Å². The van der Waals surface area contributed by atoms with Crippen LogP contribution < -0.4 is 4.74 Å². The molecular weight excluding hydrogens is 382 g/mol. The molecule has 0 bridgehead atoms. The summed E-state index contributed by atoms with van der Waals surface area (Å²) in [6.45, 7) is 2.19. The van der Waals surface area contributed by atoms with Gasteiger partial charge < -0.3 is 19.6 Å². The maximum absolute atomic E-state index is 12.9. The summed E-state index contributed by atoms with van der Waals surface area (Å²) < 4.78 is 7.08. The number of hydrogen-bond donors (Lipinski definition) is 1. The van der Waals surface area contributed by atoms with Gasteiger partial charge in [0.25, 0.3) is 0 Å². The number of aliphatic hydroxyl groups is 1. The van der Waals surface area contributed by atoms with Gasteiger partial charge in [-0.15, -0.1) is 5.10 Å². The fraction of sp³-hybridized carbons (Fsp3) is 0.591. The number of carbonyl (C=O) groups excluding carboxylic acids is 1. The van der Waals surface area contributed by atoms with Crippen molar-refractivity contribution >= 4 is 5.91 Å². The summed E-state index contributed by atoms with van der Waals surface area (Å²) in [5.74, 6) is 1.63. The predicted octanol–water partition coefficient (Wildman–Crippen LogP) is 1.36. The van der Waals surface area contributed by atoms with E-state index in [4.69, 9.17) is 4.74 Å². The van der Waals surface area contributed by atoms with E-state index in [1.165, 1.54) is 0 Å². The lowest BCUT2D eigenvalue weighted by atomic mass is 9.77. The molecule has 8 heteroatoms. The van der Waals surface area contributed by atoms with Crippen molar-refractivity contribution in [3.8, 4) is 5.75 Å². The van der Waals surface area contributed by atoms with Crippen LogP contribution in [0.4, 0.5) is 0 Å². The fourth-order valence-corrected chi connectivity index (χ4v) is 4.84. The summed E-state index contributed by atoms with van der Waals surface area (Å²) in [6.07, 6.45) is 3.36. The van der Waals surface area contributed by atoms with Gasteiger partial charge in [-0.2, -0.15) is 0 Å². The molecule has 2 aliphatic rings. The number of aromatic nitrogens is 3. The Morgan fingerprint density at radius 2 is 2.03 bits per heavy atom. The van der Waals surface area contributed by atoms with Crippen LogP contribution in [-0.4, -0.2) is 76.2 Å². The topological polar surface area (TPSA) is 83.7 Å². The minimum atomic E-state index is -0.464. The molecule has 1 saturated heterocycles. The van der Waals surface area contributed by atoms with Gasteiger partial charge in [-0.25, -0.2) is 4.68 Å². The lowest BCUT2D eigenvalue weighted by Gasteiger charge is -2.34. The Morgan fingerprint density at radius 1 is 1.27 bits per heavy atom. The summed E-state index contributed by atoms with van der Waals surface area (Å²) in [5.41, 5.74) is 1.86. The number of benzene rings is 1. The van der Waals surface area contributed by atoms with Crippen molar-refractivity contribution < 1.29 is 14.6 Å². The van der Waals surface area contributed by atoms with E-state index in [1.54, 1.807) is 7.11 Å². The van der Waals surface area contributed by atoms with Gasteiger partial charge in [0.2, 0.25) is 5.91 Å². The van der Waals surface area contributed by atoms with Crippen molar-refractivity contribution in [2.45, 2.75) is 38.0 Å². The van der Waals surface area contributed by atoms with Crippen LogP contribution in [0, 0.1) is 11.8 Å². The average molecular weight is 414 g/mol. The molecular formula is C22H31N5O3. The van der Waals surface area contributed by atoms with E-state index in [2.05, 4.69) is 10.3 Å². The first-order chi connectivity index (χ1) is 14.4. The van der Waals surface area contributed by atoms with Crippen LogP contribution in [0.5, 0.6) is 5.75 Å². The summed E-state index contributed by atoms with van der Waals surface area (Å²) >= 11 is 0. The second-order valence-electron chi connectivity index (χ2n) is 8.88. The molecule has 2 heterocycles. The SMILES string of the molecule is COc1cccc(CC(=O)N2C[C@H]3C[C@@H](n4cc(CN(C)C)nn4)[C@H](O)C[C@H]3C2)c1. The Labute approximate surface area is 177 Å². The van der Waals surface area contributed by atoms with Crippen LogP contribution in [0.15, 0.2) is 30.5 Å². The molecule has 0 unspecified atom stereocenters. The Hall–Kier alpha value is -2.45. The van der Waals surface area contributed by atoms with Crippen molar-refractivity contribution in [3.05, 3.63) is 41.7 Å². The zero-order valence-electron chi connectivity index (χ0n) is 17.9. The number of aliphatic hydroxyl groups excluding tert-OH is 1. The molecule has 0 radical (unpaired) electrons. The molecule has 1 saturated carbocycles. The van der Waals surface area contributed by atoms with E-state index in [-0.39, 0.29) is 11.9 Å². The quantitative estimate of drug-likeness (QED) is 0.770. The summed E-state index contributed by atoms with van der Waals surface area (Å²) in [5, 5.41) is 19.3. The van der Waals surface area contributed by atoms with Crippen molar-refractivity contribution in [2.75, 3.05) is 34.3 Å². The monoisotopic (exact) mass is 413 g/mol. The van der Waals surface area contributed by atoms with E-state index in [9.17, 15) is 9.90 Å². The lowest BCUT2D eigenvalue weighted by Crippen LogP contribution is -2.36. The van der Waals surface area contributed by atoms with E-state index in [1.807, 2.05) is 59.0 Å². The number of nitrogens with zero attached hydrogens (tertiary/aromatic N) is 5. The lowest BCUT2D eigenvalue weighted by molar-refractivity contribution is -0.129. The van der Waals surface area contributed by atoms with Gasteiger partial charge in [-0.1, -0.05) is 17.3 Å². The standard InChI is InChI=1S/C22H31N5O3/c1-25(2)13-18-14-27(24-23-18)20-9-16-11-26(12-17(16)10-21(20)28)22(29)8-15-5-4-6-19(7-15)30-3/h4-7,14,16-17,20-21,28H,8-13H2,1-3H3/t16-,17+,20-,21-/m1/s1. The van der Waals surface area contributed by atoms with Crippen molar-refractivity contribution in [1.82, 2.24) is 24.8 Å². The van der Waals surface area contributed by atoms with Gasteiger partial charge in [-0.3, -0.25) is 4.79 Å². The number of methoxy groups -OCH3 is 1. The number of fused-ring (bicyclic) bond motifs is 1. The van der Waals surface area contributed by atoms with Gasteiger partial charge in [0.15, 0.2) is 0 Å². The number of amides is 1. The van der Waals surface area contributed by atoms with Crippen molar-refractivity contribution in [3.63, 3.8) is 0 Å². The van der Waals surface area contributed by atoms with Crippen LogP contribution in [0.25, 0.3) is 0 Å². The number of ether oxygens (including phenoxy) is 1. The number of carbonyl (C=O) groups is 1. The second-order valence-corrected chi connectivity index (χ2v) is 8.88. The Morgan fingerprint density at radius 3 is 2.77 bits per heavy atom. The third-order valence-electron chi connectivity index (χ3n) is 6.33. The molecule has 4 atom stereocenters. The highest BCUT2D eigenvalue weighted by Crippen LogP contribution is 2.41. The molecule has 162 valence electrons. The van der Waals surface area contributed by atoms with Gasteiger partial charge in [-0.05, 0) is 56.5 Å². The maximum atomic E-state index is 12.9. The fourth-order valence-electron chi connectivity index (χ4n) is 4.84. The van der Waals surface area contributed by atoms with E-state index >= 15 is 0 Å². The second kappa shape index (κ2) is 8.73. The highest BCUT2D eigenvalue weighted by atomic mass is 16.5.